The van der Waals surface area contributed by atoms with Crippen LogP contribution in [0.5, 0.6) is 0 Å². The predicted molar refractivity (Wildman–Crippen MR) is 135 cm³/mol. The number of carbonyl (C=O) groups excluding carboxylic acids is 1. The Kier molecular flexibility index (Phi) is 7.21. The predicted octanol–water partition coefficient (Wildman–Crippen LogP) is 5.15. The maximum atomic E-state index is 13.3. The Morgan fingerprint density at radius 1 is 1.03 bits per heavy atom. The fourth-order valence-corrected chi connectivity index (χ4v) is 3.98. The summed E-state index contributed by atoms with van der Waals surface area (Å²) in [5.41, 5.74) is 2.58. The Morgan fingerprint density at radius 3 is 2.51 bits per heavy atom. The summed E-state index contributed by atoms with van der Waals surface area (Å²) < 4.78 is 5.24. The van der Waals surface area contributed by atoms with Gasteiger partial charge >= 0.3 is 5.63 Å². The molecule has 0 saturated carbocycles. The molecular weight excluding hydrogens is 446 g/mol. The van der Waals surface area contributed by atoms with Crippen LogP contribution < -0.4 is 10.9 Å². The molecule has 3 aromatic carbocycles. The van der Waals surface area contributed by atoms with E-state index in [4.69, 9.17) is 4.42 Å². The molecule has 8 nitrogen and oxygen atoms in total. The maximum Gasteiger partial charge on any atom is 0.338 e. The summed E-state index contributed by atoms with van der Waals surface area (Å²) in [5, 5.41) is 15.2. The Balaban J connectivity index is 1.48. The van der Waals surface area contributed by atoms with Gasteiger partial charge in [0.25, 0.3) is 11.6 Å². The van der Waals surface area contributed by atoms with E-state index in [0.717, 1.165) is 10.9 Å². The molecule has 1 N–H and O–H groups in total. The monoisotopic (exact) mass is 471 g/mol. The van der Waals surface area contributed by atoms with Gasteiger partial charge in [0.2, 0.25) is 0 Å². The van der Waals surface area contributed by atoms with Gasteiger partial charge in [-0.2, -0.15) is 0 Å². The van der Waals surface area contributed by atoms with Crippen LogP contribution in [0.1, 0.15) is 27.9 Å². The van der Waals surface area contributed by atoms with Gasteiger partial charge in [0.15, 0.2) is 0 Å². The number of fused-ring (bicyclic) bond motifs is 1. The molecule has 0 atom stereocenters. The third kappa shape index (κ3) is 5.73. The van der Waals surface area contributed by atoms with Crippen molar-refractivity contribution in [3.8, 4) is 0 Å². The topological polar surface area (TPSA) is 106 Å². The molecule has 0 unspecified atom stereocenters. The van der Waals surface area contributed by atoms with Gasteiger partial charge in [-0.05, 0) is 43.2 Å². The largest absolute Gasteiger partial charge is 0.423 e. The lowest BCUT2D eigenvalue weighted by atomic mass is 10.1. The molecule has 1 amide bonds. The van der Waals surface area contributed by atoms with E-state index in [-0.39, 0.29) is 11.6 Å². The van der Waals surface area contributed by atoms with Crippen LogP contribution in [-0.2, 0) is 6.54 Å². The minimum absolute atomic E-state index is 0.0140. The zero-order valence-corrected chi connectivity index (χ0v) is 19.3. The third-order valence-electron chi connectivity index (χ3n) is 5.71. The molecule has 4 aromatic rings. The Hall–Kier alpha value is -4.46. The quantitative estimate of drug-likeness (QED) is 0.157. The maximum absolute atomic E-state index is 13.3. The summed E-state index contributed by atoms with van der Waals surface area (Å²) in [6, 6.07) is 22.8. The highest BCUT2D eigenvalue weighted by atomic mass is 16.6. The summed E-state index contributed by atoms with van der Waals surface area (Å²) in [4.78, 5) is 37.7. The molecule has 0 spiro atoms. The fraction of sp³-hybridized carbons (Fsp3) is 0.185. The van der Waals surface area contributed by atoms with E-state index < -0.39 is 10.5 Å². The lowest BCUT2D eigenvalue weighted by molar-refractivity contribution is -0.385. The minimum Gasteiger partial charge on any atom is -0.423 e. The number of aryl methyl sites for hydroxylation is 1. The van der Waals surface area contributed by atoms with E-state index in [1.54, 1.807) is 24.0 Å². The van der Waals surface area contributed by atoms with Crippen molar-refractivity contribution in [2.45, 2.75) is 19.9 Å². The van der Waals surface area contributed by atoms with Gasteiger partial charge in [-0.3, -0.25) is 14.9 Å². The van der Waals surface area contributed by atoms with Gasteiger partial charge in [0.05, 0.1) is 10.6 Å². The molecule has 178 valence electrons. The normalized spacial score (nSPS) is 10.8. The number of nitro groups is 1. The van der Waals surface area contributed by atoms with E-state index in [1.165, 1.54) is 18.2 Å². The first-order valence-electron chi connectivity index (χ1n) is 11.3. The van der Waals surface area contributed by atoms with Crippen molar-refractivity contribution >= 4 is 28.3 Å². The fourth-order valence-electron chi connectivity index (χ4n) is 3.98. The van der Waals surface area contributed by atoms with Crippen LogP contribution in [0.4, 0.5) is 11.4 Å². The molecule has 35 heavy (non-hydrogen) atoms. The molecule has 0 saturated heterocycles. The number of nitrogens with one attached hydrogen (secondary N) is 1. The lowest BCUT2D eigenvalue weighted by Crippen LogP contribution is -2.32. The second kappa shape index (κ2) is 10.6. The standard InChI is InChI=1S/C27H25N3O5/c1-19-16-21(12-13-24(19)30(33)34)27(32)29(18-20-8-3-2-4-9-20)15-7-14-28-23-17-26(31)35-25-11-6-5-10-22(23)25/h2-6,8-13,16-17,28H,7,14-15,18H2,1H3. The molecule has 0 fully saturated rings. The number of nitrogens with zero attached hydrogens (tertiary/aromatic N) is 2. The number of rotatable bonds is 9. The molecule has 0 aliphatic rings. The van der Waals surface area contributed by atoms with Gasteiger partial charge in [-0.1, -0.05) is 42.5 Å². The zero-order valence-electron chi connectivity index (χ0n) is 19.3. The van der Waals surface area contributed by atoms with Crippen LogP contribution >= 0.6 is 0 Å². The number of nitro benzene ring substituents is 1. The number of hydrogen-bond donors (Lipinski definition) is 1. The van der Waals surface area contributed by atoms with Crippen molar-refractivity contribution in [1.82, 2.24) is 4.90 Å². The highest BCUT2D eigenvalue weighted by Gasteiger charge is 2.19. The van der Waals surface area contributed by atoms with E-state index in [0.29, 0.717) is 48.5 Å². The van der Waals surface area contributed by atoms with Crippen LogP contribution in [0.25, 0.3) is 11.0 Å². The Morgan fingerprint density at radius 2 is 1.77 bits per heavy atom. The number of benzene rings is 3. The van der Waals surface area contributed by atoms with Crippen LogP contribution in [-0.4, -0.2) is 28.8 Å². The SMILES string of the molecule is Cc1cc(C(=O)N(CCCNc2cc(=O)oc3ccccc23)Cc2ccccc2)ccc1[N+](=O)[O-]. The highest BCUT2D eigenvalue weighted by molar-refractivity contribution is 5.94. The molecule has 4 rings (SSSR count). The van der Waals surface area contributed by atoms with E-state index in [2.05, 4.69) is 5.32 Å². The Bertz CT molecular complexity index is 1420. The first kappa shape index (κ1) is 23.7. The lowest BCUT2D eigenvalue weighted by Gasteiger charge is -2.23. The molecule has 0 bridgehead atoms. The first-order valence-corrected chi connectivity index (χ1v) is 11.3. The number of carbonyl (C=O) groups is 1. The number of anilines is 1. The van der Waals surface area contributed by atoms with Gasteiger partial charge < -0.3 is 14.6 Å². The van der Waals surface area contributed by atoms with Crippen LogP contribution in [0.2, 0.25) is 0 Å². The van der Waals surface area contributed by atoms with Crippen molar-refractivity contribution < 1.29 is 14.1 Å². The van der Waals surface area contributed by atoms with E-state index in [9.17, 15) is 19.7 Å². The van der Waals surface area contributed by atoms with Crippen LogP contribution in [0.3, 0.4) is 0 Å². The average molecular weight is 472 g/mol. The third-order valence-corrected chi connectivity index (χ3v) is 5.71. The van der Waals surface area contributed by atoms with Crippen LogP contribution in [0, 0.1) is 17.0 Å². The van der Waals surface area contributed by atoms with Gasteiger partial charge in [-0.25, -0.2) is 4.79 Å². The summed E-state index contributed by atoms with van der Waals surface area (Å²) in [6.07, 6.45) is 0.624. The number of amides is 1. The van der Waals surface area contributed by atoms with Crippen molar-refractivity contribution in [1.29, 1.82) is 0 Å². The van der Waals surface area contributed by atoms with Crippen molar-refractivity contribution in [2.75, 3.05) is 18.4 Å². The molecule has 8 heteroatoms. The Labute approximate surface area is 202 Å². The second-order valence-corrected chi connectivity index (χ2v) is 8.23. The van der Waals surface area contributed by atoms with E-state index >= 15 is 0 Å². The minimum atomic E-state index is -0.453. The highest BCUT2D eigenvalue weighted by Crippen LogP contribution is 2.22. The molecular formula is C27H25N3O5. The molecule has 0 radical (unpaired) electrons. The molecule has 1 aromatic heterocycles. The molecule has 0 aliphatic heterocycles. The first-order chi connectivity index (χ1) is 16.9. The molecule has 0 aliphatic carbocycles. The average Bonchev–Trinajstić information content (AvgIpc) is 2.85. The zero-order chi connectivity index (χ0) is 24.8. The van der Waals surface area contributed by atoms with Gasteiger partial charge in [0.1, 0.15) is 5.58 Å². The second-order valence-electron chi connectivity index (χ2n) is 8.23. The summed E-state index contributed by atoms with van der Waals surface area (Å²) >= 11 is 0. The summed E-state index contributed by atoms with van der Waals surface area (Å²) in [6.45, 7) is 3.02. The number of para-hydroxylation sites is 1. The van der Waals surface area contributed by atoms with Crippen molar-refractivity contribution in [3.05, 3.63) is 116 Å². The summed E-state index contributed by atoms with van der Waals surface area (Å²) in [5.74, 6) is -0.197. The van der Waals surface area contributed by atoms with Crippen molar-refractivity contribution in [2.24, 2.45) is 0 Å². The van der Waals surface area contributed by atoms with Crippen molar-refractivity contribution in [3.63, 3.8) is 0 Å². The van der Waals surface area contributed by atoms with E-state index in [1.807, 2.05) is 48.5 Å². The molecule has 1 heterocycles. The number of hydrogen-bond acceptors (Lipinski definition) is 6. The van der Waals surface area contributed by atoms with Gasteiger partial charge in [-0.15, -0.1) is 0 Å². The van der Waals surface area contributed by atoms with Gasteiger partial charge in [0, 0.05) is 48.3 Å². The summed E-state index contributed by atoms with van der Waals surface area (Å²) in [7, 11) is 0. The van der Waals surface area contributed by atoms with Crippen LogP contribution in [0.15, 0.2) is 88.1 Å². The smallest absolute Gasteiger partial charge is 0.338 e.